The zero-order valence-electron chi connectivity index (χ0n) is 17.5. The zero-order chi connectivity index (χ0) is 22.8. The van der Waals surface area contributed by atoms with Gasteiger partial charge in [0.05, 0.1) is 13.2 Å². The van der Waals surface area contributed by atoms with Crippen molar-refractivity contribution < 1.29 is 14.6 Å². The molecule has 0 spiro atoms. The molecule has 8 nitrogen and oxygen atoms in total. The maximum atomic E-state index is 11.9. The third-order valence-electron chi connectivity index (χ3n) is 5.43. The van der Waals surface area contributed by atoms with Crippen LogP contribution in [0.25, 0.3) is 22.2 Å². The summed E-state index contributed by atoms with van der Waals surface area (Å²) in [6.07, 6.45) is 1.64. The molecule has 2 aromatic carbocycles. The number of nitrogens with one attached hydrogen (secondary N) is 1. The Hall–Kier alpha value is -3.56. The molecule has 1 fully saturated rings. The number of fused-ring (bicyclic) bond motifs is 1. The number of carboxylic acid groups (broad SMARTS) is 1. The number of benzene rings is 2. The first-order valence-corrected chi connectivity index (χ1v) is 11.2. The summed E-state index contributed by atoms with van der Waals surface area (Å²) < 4.78 is 6.19. The highest BCUT2D eigenvalue weighted by Crippen LogP contribution is 2.32. The Kier molecular flexibility index (Phi) is 5.89. The lowest BCUT2D eigenvalue weighted by atomic mass is 10.0. The average molecular weight is 506 g/mol. The molecule has 0 saturated carbocycles. The lowest BCUT2D eigenvalue weighted by Crippen LogP contribution is -2.36. The second-order valence-corrected chi connectivity index (χ2v) is 8.40. The largest absolute Gasteiger partial charge is 0.476 e. The van der Waals surface area contributed by atoms with Crippen LogP contribution >= 0.6 is 15.9 Å². The Balaban J connectivity index is 1.44. The molecular weight excluding hydrogens is 486 g/mol. The van der Waals surface area contributed by atoms with E-state index in [0.717, 1.165) is 47.7 Å². The van der Waals surface area contributed by atoms with Gasteiger partial charge in [0.2, 0.25) is 5.95 Å². The van der Waals surface area contributed by atoms with Crippen LogP contribution in [0.2, 0.25) is 0 Å². The predicted molar refractivity (Wildman–Crippen MR) is 130 cm³/mol. The molecule has 0 radical (unpaired) electrons. The van der Waals surface area contributed by atoms with Crippen molar-refractivity contribution >= 4 is 50.3 Å². The first-order valence-electron chi connectivity index (χ1n) is 10.4. The minimum atomic E-state index is -1.12. The summed E-state index contributed by atoms with van der Waals surface area (Å²) in [5.41, 5.74) is 3.46. The van der Waals surface area contributed by atoms with Crippen LogP contribution < -0.4 is 10.2 Å². The number of ether oxygens (including phenoxy) is 1. The number of rotatable bonds is 5. The maximum absolute atomic E-state index is 11.9. The fraction of sp³-hybridized carbons (Fsp3) is 0.167. The van der Waals surface area contributed by atoms with E-state index in [2.05, 4.69) is 41.1 Å². The Labute approximate surface area is 198 Å². The third-order valence-corrected chi connectivity index (χ3v) is 6.13. The van der Waals surface area contributed by atoms with Crippen molar-refractivity contribution in [3.8, 4) is 11.1 Å². The quantitative estimate of drug-likeness (QED) is 0.401. The molecular formula is C24H20BrN5O3. The number of nitrogens with zero attached hydrogens (tertiary/aromatic N) is 4. The number of aromatic nitrogens is 3. The molecule has 1 saturated heterocycles. The number of carbonyl (C=O) groups is 1. The first-order chi connectivity index (χ1) is 16.1. The molecule has 0 unspecified atom stereocenters. The molecule has 0 amide bonds. The van der Waals surface area contributed by atoms with Gasteiger partial charge in [-0.15, -0.1) is 0 Å². The van der Waals surface area contributed by atoms with E-state index in [9.17, 15) is 9.90 Å². The fourth-order valence-corrected chi connectivity index (χ4v) is 4.28. The van der Waals surface area contributed by atoms with Gasteiger partial charge in [0.1, 0.15) is 0 Å². The van der Waals surface area contributed by atoms with E-state index < -0.39 is 5.97 Å². The number of pyridine rings is 1. The molecule has 0 bridgehead atoms. The van der Waals surface area contributed by atoms with Gasteiger partial charge < -0.3 is 20.1 Å². The third kappa shape index (κ3) is 4.50. The molecule has 9 heteroatoms. The van der Waals surface area contributed by atoms with Crippen molar-refractivity contribution in [3.63, 3.8) is 0 Å². The van der Waals surface area contributed by atoms with E-state index in [-0.39, 0.29) is 5.69 Å². The molecule has 166 valence electrons. The van der Waals surface area contributed by atoms with E-state index in [4.69, 9.17) is 4.74 Å². The summed E-state index contributed by atoms with van der Waals surface area (Å²) in [5.74, 6) is -0.770. The Bertz CT molecular complexity index is 1320. The summed E-state index contributed by atoms with van der Waals surface area (Å²) >= 11 is 3.49. The Morgan fingerprint density at radius 1 is 1.03 bits per heavy atom. The van der Waals surface area contributed by atoms with E-state index in [1.807, 2.05) is 48.5 Å². The Morgan fingerprint density at radius 3 is 2.52 bits per heavy atom. The molecule has 2 N–H and O–H groups in total. The molecule has 1 aliphatic rings. The smallest absolute Gasteiger partial charge is 0.355 e. The zero-order valence-corrected chi connectivity index (χ0v) is 19.1. The van der Waals surface area contributed by atoms with Crippen molar-refractivity contribution in [1.29, 1.82) is 0 Å². The van der Waals surface area contributed by atoms with Crippen molar-refractivity contribution in [2.75, 3.05) is 36.5 Å². The predicted octanol–water partition coefficient (Wildman–Crippen LogP) is 4.73. The van der Waals surface area contributed by atoms with E-state index >= 15 is 0 Å². The van der Waals surface area contributed by atoms with Crippen molar-refractivity contribution in [3.05, 3.63) is 71.0 Å². The van der Waals surface area contributed by atoms with Crippen LogP contribution in [-0.4, -0.2) is 52.3 Å². The van der Waals surface area contributed by atoms with Crippen LogP contribution in [0.4, 0.5) is 17.3 Å². The van der Waals surface area contributed by atoms with Gasteiger partial charge in [-0.05, 0) is 42.0 Å². The van der Waals surface area contributed by atoms with Crippen LogP contribution in [0.1, 0.15) is 10.5 Å². The van der Waals surface area contributed by atoms with Gasteiger partial charge in [0.15, 0.2) is 11.3 Å². The summed E-state index contributed by atoms with van der Waals surface area (Å²) in [5, 5.41) is 13.6. The molecule has 5 rings (SSSR count). The fourth-order valence-electron chi connectivity index (χ4n) is 3.78. The minimum absolute atomic E-state index is 0.0612. The average Bonchev–Trinajstić information content (AvgIpc) is 2.84. The van der Waals surface area contributed by atoms with E-state index in [1.165, 1.54) is 0 Å². The number of carboxylic acids is 1. The molecule has 3 heterocycles. The summed E-state index contributed by atoms with van der Waals surface area (Å²) in [6, 6.07) is 17.2. The SMILES string of the molecule is O=C(O)c1nc2nc(Nc3ccc(N4CCOCC4)cc3)ncc2cc1-c1ccccc1Br. The highest BCUT2D eigenvalue weighted by atomic mass is 79.9. The van der Waals surface area contributed by atoms with Crippen molar-refractivity contribution in [1.82, 2.24) is 15.0 Å². The van der Waals surface area contributed by atoms with Gasteiger partial charge in [-0.1, -0.05) is 34.1 Å². The number of hydrogen-bond donors (Lipinski definition) is 2. The maximum Gasteiger partial charge on any atom is 0.355 e. The molecule has 1 aliphatic heterocycles. The van der Waals surface area contributed by atoms with Gasteiger partial charge in [-0.25, -0.2) is 14.8 Å². The summed E-state index contributed by atoms with van der Waals surface area (Å²) in [6.45, 7) is 3.22. The van der Waals surface area contributed by atoms with Gasteiger partial charge in [0.25, 0.3) is 0 Å². The lowest BCUT2D eigenvalue weighted by molar-refractivity contribution is 0.0691. The van der Waals surface area contributed by atoms with Crippen LogP contribution in [-0.2, 0) is 4.74 Å². The molecule has 2 aromatic heterocycles. The number of anilines is 3. The second kappa shape index (κ2) is 9.13. The van der Waals surface area contributed by atoms with E-state index in [1.54, 1.807) is 12.3 Å². The highest BCUT2D eigenvalue weighted by molar-refractivity contribution is 9.10. The molecule has 0 aliphatic carbocycles. The van der Waals surface area contributed by atoms with Crippen LogP contribution in [0.3, 0.4) is 0 Å². The van der Waals surface area contributed by atoms with E-state index in [0.29, 0.717) is 22.5 Å². The standard InChI is InChI=1S/C24H20BrN5O3/c25-20-4-2-1-3-18(20)19-13-15-14-26-24(29-22(15)28-21(19)23(31)32)27-16-5-7-17(8-6-16)30-9-11-33-12-10-30/h1-8,13-14H,9-12H2,(H,31,32)(H,26,27,28,29). The van der Waals surface area contributed by atoms with Gasteiger partial charge in [-0.2, -0.15) is 4.98 Å². The lowest BCUT2D eigenvalue weighted by Gasteiger charge is -2.28. The van der Waals surface area contributed by atoms with Crippen LogP contribution in [0.5, 0.6) is 0 Å². The highest BCUT2D eigenvalue weighted by Gasteiger charge is 2.18. The van der Waals surface area contributed by atoms with Crippen molar-refractivity contribution in [2.24, 2.45) is 0 Å². The van der Waals surface area contributed by atoms with Gasteiger partial charge in [0, 0.05) is 46.1 Å². The first kappa shape index (κ1) is 21.3. The molecule has 33 heavy (non-hydrogen) atoms. The van der Waals surface area contributed by atoms with Crippen LogP contribution in [0, 0.1) is 0 Å². The number of aromatic carboxylic acids is 1. The van der Waals surface area contributed by atoms with Crippen LogP contribution in [0.15, 0.2) is 65.3 Å². The summed E-state index contributed by atoms with van der Waals surface area (Å²) in [7, 11) is 0. The van der Waals surface area contributed by atoms with Gasteiger partial charge in [-0.3, -0.25) is 0 Å². The second-order valence-electron chi connectivity index (χ2n) is 7.55. The monoisotopic (exact) mass is 505 g/mol. The van der Waals surface area contributed by atoms with Gasteiger partial charge >= 0.3 is 5.97 Å². The molecule has 0 atom stereocenters. The molecule has 4 aromatic rings. The number of halogens is 1. The summed E-state index contributed by atoms with van der Waals surface area (Å²) in [4.78, 5) is 27.4. The topological polar surface area (TPSA) is 100 Å². The number of morpholine rings is 1. The number of hydrogen-bond acceptors (Lipinski definition) is 7. The van der Waals surface area contributed by atoms with Crippen molar-refractivity contribution in [2.45, 2.75) is 0 Å². The Morgan fingerprint density at radius 2 is 1.79 bits per heavy atom. The minimum Gasteiger partial charge on any atom is -0.476 e. The normalized spacial score (nSPS) is 13.8.